The molecule has 33 heavy (non-hydrogen) atoms. The number of hydrogen-bond donors (Lipinski definition) is 1. The predicted octanol–water partition coefficient (Wildman–Crippen LogP) is 5.27. The van der Waals surface area contributed by atoms with Gasteiger partial charge in [-0.2, -0.15) is 0 Å². The molecule has 8 heteroatoms. The van der Waals surface area contributed by atoms with Crippen LogP contribution in [0, 0.1) is 33.3 Å². The molecule has 1 N–H and O–H groups in total. The molecule has 4 rings (SSSR count). The quantitative estimate of drug-likeness (QED) is 0.380. The zero-order valence-electron chi connectivity index (χ0n) is 19.2. The lowest BCUT2D eigenvalue weighted by atomic mass is 9.64. The average molecular weight is 450 g/mol. The molecule has 2 bridgehead atoms. The highest BCUT2D eigenvalue weighted by Crippen LogP contribution is 2.71. The lowest BCUT2D eigenvalue weighted by Gasteiger charge is -2.39. The minimum Gasteiger partial charge on any atom is -0.326 e. The van der Waals surface area contributed by atoms with Crippen molar-refractivity contribution in [2.75, 3.05) is 5.32 Å². The summed E-state index contributed by atoms with van der Waals surface area (Å²) in [7, 11) is 0. The van der Waals surface area contributed by atoms with E-state index in [9.17, 15) is 19.7 Å². The van der Waals surface area contributed by atoms with E-state index in [1.807, 2.05) is 31.2 Å². The SMILES string of the molecule is Cc1ccc(NC(=O)C23CCC(C)(/C(=N/OC(=O)c4cccc([N+](=O)[O-])c4)C2)C3(C)C)cc1. The normalized spacial score (nSPS) is 26.2. The first-order valence-electron chi connectivity index (χ1n) is 10.9. The van der Waals surface area contributed by atoms with E-state index in [1.165, 1.54) is 18.2 Å². The molecule has 8 nitrogen and oxygen atoms in total. The van der Waals surface area contributed by atoms with E-state index in [0.29, 0.717) is 18.6 Å². The van der Waals surface area contributed by atoms with Crippen LogP contribution in [0.15, 0.2) is 53.7 Å². The number of rotatable bonds is 5. The standard InChI is InChI=1S/C25H27N3O5/c1-16-8-10-18(11-9-16)26-22(30)25-13-12-24(4,23(25,2)3)20(15-25)27-33-21(29)17-6-5-7-19(14-17)28(31)32/h5-11,14H,12-13,15H2,1-4H3,(H,26,30)/b27-20+. The molecule has 0 radical (unpaired) electrons. The van der Waals surface area contributed by atoms with E-state index in [4.69, 9.17) is 4.84 Å². The van der Waals surface area contributed by atoms with Crippen LogP contribution in [-0.2, 0) is 9.63 Å². The van der Waals surface area contributed by atoms with Crippen LogP contribution < -0.4 is 5.32 Å². The third-order valence-electron chi connectivity index (χ3n) is 8.01. The van der Waals surface area contributed by atoms with Crippen LogP contribution in [0.1, 0.15) is 56.0 Å². The van der Waals surface area contributed by atoms with E-state index in [2.05, 4.69) is 31.2 Å². The number of benzene rings is 2. The van der Waals surface area contributed by atoms with Crippen LogP contribution >= 0.6 is 0 Å². The van der Waals surface area contributed by atoms with Crippen LogP contribution in [0.3, 0.4) is 0 Å². The summed E-state index contributed by atoms with van der Waals surface area (Å²) in [6.45, 7) is 8.19. The number of non-ortho nitro benzene ring substituents is 1. The van der Waals surface area contributed by atoms with Crippen molar-refractivity contribution in [3.63, 3.8) is 0 Å². The Morgan fingerprint density at radius 1 is 1.09 bits per heavy atom. The van der Waals surface area contributed by atoms with E-state index in [0.717, 1.165) is 23.7 Å². The van der Waals surface area contributed by atoms with Crippen LogP contribution in [0.5, 0.6) is 0 Å². The van der Waals surface area contributed by atoms with Gasteiger partial charge in [0.05, 0.1) is 21.6 Å². The first-order valence-corrected chi connectivity index (χ1v) is 10.9. The maximum Gasteiger partial charge on any atom is 0.365 e. The van der Waals surface area contributed by atoms with Gasteiger partial charge < -0.3 is 10.2 Å². The van der Waals surface area contributed by atoms with Gasteiger partial charge in [-0.3, -0.25) is 14.9 Å². The van der Waals surface area contributed by atoms with Crippen LogP contribution in [-0.4, -0.2) is 22.5 Å². The van der Waals surface area contributed by atoms with Gasteiger partial charge in [-0.15, -0.1) is 0 Å². The summed E-state index contributed by atoms with van der Waals surface area (Å²) in [6.07, 6.45) is 1.84. The number of carbonyl (C=O) groups is 2. The molecule has 0 heterocycles. The number of nitrogens with zero attached hydrogens (tertiary/aromatic N) is 2. The first kappa shape index (κ1) is 22.6. The molecule has 1 amide bonds. The molecular formula is C25H27N3O5. The van der Waals surface area contributed by atoms with Crippen LogP contribution in [0.4, 0.5) is 11.4 Å². The van der Waals surface area contributed by atoms with Crippen molar-refractivity contribution in [1.82, 2.24) is 0 Å². The molecule has 2 aromatic carbocycles. The zero-order valence-corrected chi connectivity index (χ0v) is 19.2. The summed E-state index contributed by atoms with van der Waals surface area (Å²) < 4.78 is 0. The molecule has 2 aliphatic rings. The number of nitro groups is 1. The van der Waals surface area contributed by atoms with Gasteiger partial charge in [0.2, 0.25) is 5.91 Å². The molecule has 2 atom stereocenters. The van der Waals surface area contributed by atoms with Gasteiger partial charge in [-0.1, -0.05) is 49.7 Å². The molecule has 2 saturated carbocycles. The number of hydrogen-bond acceptors (Lipinski definition) is 6. The van der Waals surface area contributed by atoms with Gasteiger partial charge in [0.15, 0.2) is 0 Å². The van der Waals surface area contributed by atoms with Gasteiger partial charge in [0.25, 0.3) is 5.69 Å². The largest absolute Gasteiger partial charge is 0.365 e. The lowest BCUT2D eigenvalue weighted by molar-refractivity contribution is -0.384. The summed E-state index contributed by atoms with van der Waals surface area (Å²) in [5.74, 6) is -0.830. The van der Waals surface area contributed by atoms with Crippen molar-refractivity contribution in [3.8, 4) is 0 Å². The summed E-state index contributed by atoms with van der Waals surface area (Å²) in [5.41, 5.74) is 0.865. The van der Waals surface area contributed by atoms with Gasteiger partial charge in [0.1, 0.15) is 0 Å². The second-order valence-electron chi connectivity index (χ2n) is 9.76. The van der Waals surface area contributed by atoms with E-state index in [1.54, 1.807) is 0 Å². The fourth-order valence-electron chi connectivity index (χ4n) is 5.31. The molecular weight excluding hydrogens is 422 g/mol. The third-order valence-corrected chi connectivity index (χ3v) is 8.01. The summed E-state index contributed by atoms with van der Waals surface area (Å²) in [4.78, 5) is 41.6. The van der Waals surface area contributed by atoms with Crippen molar-refractivity contribution in [2.24, 2.45) is 21.4 Å². The number of oxime groups is 1. The summed E-state index contributed by atoms with van der Waals surface area (Å²) in [6, 6.07) is 13.0. The Bertz CT molecular complexity index is 1170. The molecule has 172 valence electrons. The number of nitrogens with one attached hydrogen (secondary N) is 1. The average Bonchev–Trinajstić information content (AvgIpc) is 3.09. The molecule has 2 aromatic rings. The van der Waals surface area contributed by atoms with Gasteiger partial charge >= 0.3 is 5.97 Å². The van der Waals surface area contributed by atoms with Gasteiger partial charge in [-0.25, -0.2) is 4.79 Å². The molecule has 2 unspecified atom stereocenters. The fraction of sp³-hybridized carbons (Fsp3) is 0.400. The van der Waals surface area contributed by atoms with Crippen molar-refractivity contribution < 1.29 is 19.3 Å². The van der Waals surface area contributed by atoms with Crippen molar-refractivity contribution >= 4 is 29.0 Å². The lowest BCUT2D eigenvalue weighted by Crippen LogP contribution is -2.43. The minimum atomic E-state index is -0.770. The Kier molecular flexibility index (Phi) is 5.35. The summed E-state index contributed by atoms with van der Waals surface area (Å²) >= 11 is 0. The monoisotopic (exact) mass is 449 g/mol. The Labute approximate surface area is 192 Å². The molecule has 0 saturated heterocycles. The van der Waals surface area contributed by atoms with E-state index in [-0.39, 0.29) is 17.2 Å². The Hall–Kier alpha value is -3.55. The number of anilines is 1. The van der Waals surface area contributed by atoms with Crippen molar-refractivity contribution in [3.05, 3.63) is 69.8 Å². The topological polar surface area (TPSA) is 111 Å². The minimum absolute atomic E-state index is 0.0490. The first-order chi connectivity index (χ1) is 15.5. The van der Waals surface area contributed by atoms with Crippen LogP contribution in [0.25, 0.3) is 0 Å². The summed E-state index contributed by atoms with van der Waals surface area (Å²) in [5, 5.41) is 18.2. The smallest absolute Gasteiger partial charge is 0.326 e. The van der Waals surface area contributed by atoms with Gasteiger partial charge in [0, 0.05) is 29.7 Å². The van der Waals surface area contributed by atoms with Crippen LogP contribution in [0.2, 0.25) is 0 Å². The predicted molar refractivity (Wildman–Crippen MR) is 124 cm³/mol. The highest BCUT2D eigenvalue weighted by molar-refractivity contribution is 6.06. The van der Waals surface area contributed by atoms with Crippen molar-refractivity contribution in [2.45, 2.75) is 47.0 Å². The second-order valence-corrected chi connectivity index (χ2v) is 9.76. The second kappa shape index (κ2) is 7.79. The van der Waals surface area contributed by atoms with Crippen molar-refractivity contribution in [1.29, 1.82) is 0 Å². The van der Waals surface area contributed by atoms with Gasteiger partial charge in [-0.05, 0) is 43.4 Å². The van der Waals surface area contributed by atoms with E-state index >= 15 is 0 Å². The maximum absolute atomic E-state index is 13.5. The molecule has 0 spiro atoms. The number of aryl methyl sites for hydroxylation is 1. The Balaban J connectivity index is 1.57. The number of fused-ring (bicyclic) bond motifs is 2. The maximum atomic E-state index is 13.5. The Morgan fingerprint density at radius 2 is 1.79 bits per heavy atom. The third kappa shape index (κ3) is 3.50. The fourth-order valence-corrected chi connectivity index (χ4v) is 5.31. The highest BCUT2D eigenvalue weighted by Gasteiger charge is 2.71. The molecule has 0 aliphatic heterocycles. The Morgan fingerprint density at radius 3 is 2.45 bits per heavy atom. The number of carbonyl (C=O) groups excluding carboxylic acids is 2. The zero-order chi connectivity index (χ0) is 24.0. The van der Waals surface area contributed by atoms with E-state index < -0.39 is 27.1 Å². The number of amides is 1. The number of nitro benzene ring substituents is 1. The molecule has 2 aliphatic carbocycles. The highest BCUT2D eigenvalue weighted by atomic mass is 16.7. The molecule has 2 fully saturated rings. The molecule has 0 aromatic heterocycles.